The fourth-order valence-electron chi connectivity index (χ4n) is 5.86. The third-order valence-corrected chi connectivity index (χ3v) is 10.5. The van der Waals surface area contributed by atoms with Crippen molar-refractivity contribution >= 4 is 39.1 Å². The minimum absolute atomic E-state index is 0.00947. The number of sulfonamides is 1. The molecule has 2 amide bonds. The second-order valence-corrected chi connectivity index (χ2v) is 14.3. The smallest absolute Gasteiger partial charge is 0.264 e. The highest BCUT2D eigenvalue weighted by Gasteiger charge is 2.35. The van der Waals surface area contributed by atoms with E-state index in [2.05, 4.69) is 5.32 Å². The molecular formula is C37H39ClFN3O4S. The summed E-state index contributed by atoms with van der Waals surface area (Å²) in [5, 5.41) is 3.59. The molecular weight excluding hydrogens is 637 g/mol. The second-order valence-electron chi connectivity index (χ2n) is 12.0. The zero-order chi connectivity index (χ0) is 33.4. The Morgan fingerprint density at radius 3 is 2.13 bits per heavy atom. The highest BCUT2D eigenvalue weighted by Crippen LogP contribution is 2.27. The molecule has 1 unspecified atom stereocenters. The van der Waals surface area contributed by atoms with Gasteiger partial charge in [0.05, 0.1) is 10.6 Å². The van der Waals surface area contributed by atoms with Gasteiger partial charge >= 0.3 is 0 Å². The van der Waals surface area contributed by atoms with E-state index in [1.807, 2.05) is 37.3 Å². The molecule has 0 aromatic heterocycles. The lowest BCUT2D eigenvalue weighted by atomic mass is 9.94. The number of anilines is 1. The van der Waals surface area contributed by atoms with Crippen molar-refractivity contribution in [2.45, 2.75) is 69.0 Å². The summed E-state index contributed by atoms with van der Waals surface area (Å²) < 4.78 is 43.2. The number of nitrogens with zero attached hydrogens (tertiary/aromatic N) is 2. The summed E-state index contributed by atoms with van der Waals surface area (Å²) >= 11 is 6.14. The first-order chi connectivity index (χ1) is 22.6. The number of hydrogen-bond donors (Lipinski definition) is 1. The topological polar surface area (TPSA) is 86.8 Å². The molecule has 1 atom stereocenters. The molecule has 0 saturated heterocycles. The summed E-state index contributed by atoms with van der Waals surface area (Å²) in [6.45, 7) is 1.24. The van der Waals surface area contributed by atoms with Gasteiger partial charge in [-0.05, 0) is 79.4 Å². The van der Waals surface area contributed by atoms with E-state index in [-0.39, 0.29) is 35.5 Å². The summed E-state index contributed by atoms with van der Waals surface area (Å²) in [4.78, 5) is 30.1. The van der Waals surface area contributed by atoms with Crippen LogP contribution in [0.2, 0.25) is 5.02 Å². The summed E-state index contributed by atoms with van der Waals surface area (Å²) in [6, 6.07) is 26.8. The molecule has 0 heterocycles. The zero-order valence-corrected chi connectivity index (χ0v) is 27.9. The van der Waals surface area contributed by atoms with Crippen LogP contribution in [0.25, 0.3) is 0 Å². The predicted molar refractivity (Wildman–Crippen MR) is 183 cm³/mol. The van der Waals surface area contributed by atoms with E-state index in [1.54, 1.807) is 48.5 Å². The van der Waals surface area contributed by atoms with Crippen LogP contribution in [0.5, 0.6) is 0 Å². The molecule has 4 aromatic rings. The summed E-state index contributed by atoms with van der Waals surface area (Å²) in [6.07, 6.45) is 5.06. The molecule has 7 nitrogen and oxygen atoms in total. The van der Waals surface area contributed by atoms with Crippen molar-refractivity contribution in [2.75, 3.05) is 10.8 Å². The van der Waals surface area contributed by atoms with Crippen LogP contribution in [0, 0.1) is 12.7 Å². The SMILES string of the molecule is Cc1ccc(S(=O)(=O)N(CC(=O)N(Cc2ccc(F)cc2)C(Cc2ccccc2)C(=O)NC2CCCCC2)c2ccc(Cl)cc2)cc1. The molecule has 4 aromatic carbocycles. The number of hydrogen-bond acceptors (Lipinski definition) is 4. The van der Waals surface area contributed by atoms with Crippen LogP contribution in [-0.2, 0) is 32.6 Å². The van der Waals surface area contributed by atoms with E-state index >= 15 is 0 Å². The number of nitrogens with one attached hydrogen (secondary N) is 1. The molecule has 1 aliphatic rings. The van der Waals surface area contributed by atoms with E-state index in [9.17, 15) is 22.4 Å². The molecule has 1 fully saturated rings. The van der Waals surface area contributed by atoms with Gasteiger partial charge in [0.1, 0.15) is 18.4 Å². The number of amides is 2. The second kappa shape index (κ2) is 15.6. The Bertz CT molecular complexity index is 1750. The van der Waals surface area contributed by atoms with Crippen molar-refractivity contribution in [3.8, 4) is 0 Å². The van der Waals surface area contributed by atoms with Crippen molar-refractivity contribution in [3.05, 3.63) is 131 Å². The number of aryl methyl sites for hydroxylation is 1. The van der Waals surface area contributed by atoms with Gasteiger partial charge in [-0.1, -0.05) is 91.0 Å². The van der Waals surface area contributed by atoms with E-state index in [1.165, 1.54) is 29.2 Å². The highest BCUT2D eigenvalue weighted by molar-refractivity contribution is 7.92. The van der Waals surface area contributed by atoms with Crippen LogP contribution in [0.3, 0.4) is 0 Å². The van der Waals surface area contributed by atoms with Crippen LogP contribution >= 0.6 is 11.6 Å². The molecule has 1 aliphatic carbocycles. The van der Waals surface area contributed by atoms with E-state index in [0.717, 1.165) is 47.5 Å². The normalized spacial score (nSPS) is 14.3. The molecule has 0 radical (unpaired) electrons. The average Bonchev–Trinajstić information content (AvgIpc) is 3.07. The molecule has 1 saturated carbocycles. The molecule has 246 valence electrons. The molecule has 47 heavy (non-hydrogen) atoms. The summed E-state index contributed by atoms with van der Waals surface area (Å²) in [7, 11) is -4.23. The Balaban J connectivity index is 1.55. The van der Waals surface area contributed by atoms with E-state index in [0.29, 0.717) is 10.6 Å². The van der Waals surface area contributed by atoms with Gasteiger partial charge in [-0.3, -0.25) is 13.9 Å². The van der Waals surface area contributed by atoms with Gasteiger partial charge < -0.3 is 10.2 Å². The first-order valence-electron chi connectivity index (χ1n) is 15.8. The van der Waals surface area contributed by atoms with Gasteiger partial charge in [-0.25, -0.2) is 12.8 Å². The zero-order valence-electron chi connectivity index (χ0n) is 26.3. The third-order valence-electron chi connectivity index (χ3n) is 8.49. The van der Waals surface area contributed by atoms with Crippen molar-refractivity contribution in [3.63, 3.8) is 0 Å². The Hall–Kier alpha value is -4.21. The predicted octanol–water partition coefficient (Wildman–Crippen LogP) is 7.07. The van der Waals surface area contributed by atoms with Gasteiger partial charge in [0.15, 0.2) is 0 Å². The standard InChI is InChI=1S/C37H39ClFN3O4S/c1-27-12-22-34(23-13-27)47(45,46)42(33-20-16-30(38)17-21-33)26-36(43)41(25-29-14-18-31(39)19-15-29)35(24-28-8-4-2-5-9-28)37(44)40-32-10-6-3-7-11-32/h2,4-5,8-9,12-23,32,35H,3,6-7,10-11,24-26H2,1H3,(H,40,44). The average molecular weight is 676 g/mol. The quantitative estimate of drug-likeness (QED) is 0.174. The largest absolute Gasteiger partial charge is 0.352 e. The first kappa shape index (κ1) is 34.1. The van der Waals surface area contributed by atoms with Crippen LogP contribution in [0.1, 0.15) is 48.8 Å². The maximum atomic E-state index is 14.6. The fourth-order valence-corrected chi connectivity index (χ4v) is 7.40. The maximum absolute atomic E-state index is 14.6. The van der Waals surface area contributed by atoms with Crippen molar-refractivity contribution in [1.82, 2.24) is 10.2 Å². The monoisotopic (exact) mass is 675 g/mol. The molecule has 1 N–H and O–H groups in total. The van der Waals surface area contributed by atoms with Crippen molar-refractivity contribution in [2.24, 2.45) is 0 Å². The van der Waals surface area contributed by atoms with Crippen LogP contribution in [-0.4, -0.2) is 43.8 Å². The van der Waals surface area contributed by atoms with Crippen molar-refractivity contribution < 1.29 is 22.4 Å². The molecule has 0 bridgehead atoms. The first-order valence-corrected chi connectivity index (χ1v) is 17.6. The lowest BCUT2D eigenvalue weighted by Gasteiger charge is -2.35. The van der Waals surface area contributed by atoms with Gasteiger partial charge in [0.25, 0.3) is 10.0 Å². The highest BCUT2D eigenvalue weighted by atomic mass is 35.5. The van der Waals surface area contributed by atoms with Crippen LogP contribution < -0.4 is 9.62 Å². The third kappa shape index (κ3) is 8.99. The lowest BCUT2D eigenvalue weighted by molar-refractivity contribution is -0.140. The number of halogens is 2. The number of rotatable bonds is 12. The summed E-state index contributed by atoms with van der Waals surface area (Å²) in [5.74, 6) is -1.32. The Kier molecular flexibility index (Phi) is 11.3. The van der Waals surface area contributed by atoms with Gasteiger partial charge in [-0.15, -0.1) is 0 Å². The van der Waals surface area contributed by atoms with E-state index in [4.69, 9.17) is 11.6 Å². The van der Waals surface area contributed by atoms with Crippen LogP contribution in [0.15, 0.2) is 108 Å². The molecule has 5 rings (SSSR count). The molecule has 10 heteroatoms. The Morgan fingerprint density at radius 1 is 0.851 bits per heavy atom. The number of benzene rings is 4. The maximum Gasteiger partial charge on any atom is 0.264 e. The molecule has 0 spiro atoms. The van der Waals surface area contributed by atoms with Gasteiger partial charge in [0.2, 0.25) is 11.8 Å². The van der Waals surface area contributed by atoms with Gasteiger partial charge in [-0.2, -0.15) is 0 Å². The van der Waals surface area contributed by atoms with Crippen LogP contribution in [0.4, 0.5) is 10.1 Å². The Morgan fingerprint density at radius 2 is 1.49 bits per heavy atom. The minimum atomic E-state index is -4.23. The number of carbonyl (C=O) groups is 2. The Labute approximate surface area is 281 Å². The summed E-state index contributed by atoms with van der Waals surface area (Å²) in [5.41, 5.74) is 2.57. The minimum Gasteiger partial charge on any atom is -0.352 e. The van der Waals surface area contributed by atoms with E-state index < -0.39 is 34.3 Å². The molecule has 0 aliphatic heterocycles. The van der Waals surface area contributed by atoms with Gasteiger partial charge in [0, 0.05) is 24.0 Å². The number of carbonyl (C=O) groups excluding carboxylic acids is 2. The van der Waals surface area contributed by atoms with Crippen molar-refractivity contribution in [1.29, 1.82) is 0 Å². The fraction of sp³-hybridized carbons (Fsp3) is 0.297. The lowest BCUT2D eigenvalue weighted by Crippen LogP contribution is -2.55.